The molecule has 3 aromatic rings. The van der Waals surface area contributed by atoms with Gasteiger partial charge in [-0.05, 0) is 24.3 Å². The monoisotopic (exact) mass is 337 g/mol. The number of halogens is 1. The van der Waals surface area contributed by atoms with Crippen molar-refractivity contribution in [3.8, 4) is 0 Å². The Morgan fingerprint density at radius 2 is 1.67 bits per heavy atom. The number of hydrogen-bond acceptors (Lipinski definition) is 5. The largest absolute Gasteiger partial charge is 0.426 e. The summed E-state index contributed by atoms with van der Waals surface area (Å²) in [5, 5.41) is 3.77. The first-order chi connectivity index (χ1) is 11.7. The fourth-order valence-electron chi connectivity index (χ4n) is 2.80. The third-order valence-electron chi connectivity index (χ3n) is 3.88. The van der Waals surface area contributed by atoms with Gasteiger partial charge in [0.2, 0.25) is 11.7 Å². The van der Waals surface area contributed by atoms with E-state index in [1.165, 1.54) is 0 Å². The summed E-state index contributed by atoms with van der Waals surface area (Å²) in [6, 6.07) is 16.1. The molecule has 24 heavy (non-hydrogen) atoms. The molecule has 4 rings (SSSR count). The molecule has 0 amide bonds. The molecule has 1 aliphatic heterocycles. The topological polar surface area (TPSA) is 64.1 Å². The molecule has 0 saturated carbocycles. The van der Waals surface area contributed by atoms with Gasteiger partial charge in [-0.2, -0.15) is 0 Å². The van der Waals surface area contributed by atoms with Crippen molar-refractivity contribution in [2.75, 3.05) is 5.32 Å². The van der Waals surface area contributed by atoms with Gasteiger partial charge in [-0.1, -0.05) is 41.9 Å². The molecule has 2 heterocycles. The quantitative estimate of drug-likeness (QED) is 0.740. The first-order valence-corrected chi connectivity index (χ1v) is 7.71. The molecule has 0 fully saturated rings. The standard InChI is InChI=1S/C18H12ClN3O2/c19-13-8-6-12(7-9-13)18(22-17-20-10-3-11-21-17)15-5-2-1-4-14(15)16(23)24-18/h1-11H,(H,20,21,22)/t18-/m1/s1. The molecule has 2 aromatic carbocycles. The minimum Gasteiger partial charge on any atom is -0.426 e. The van der Waals surface area contributed by atoms with Crippen LogP contribution in [0.1, 0.15) is 21.5 Å². The number of ether oxygens (including phenoxy) is 1. The van der Waals surface area contributed by atoms with Crippen molar-refractivity contribution in [2.24, 2.45) is 0 Å². The van der Waals surface area contributed by atoms with Gasteiger partial charge in [-0.3, -0.25) is 0 Å². The molecule has 1 atom stereocenters. The summed E-state index contributed by atoms with van der Waals surface area (Å²) in [7, 11) is 0. The Hall–Kier alpha value is -2.92. The van der Waals surface area contributed by atoms with Crippen molar-refractivity contribution >= 4 is 23.5 Å². The van der Waals surface area contributed by atoms with Crippen LogP contribution in [0.3, 0.4) is 0 Å². The number of nitrogens with zero attached hydrogens (tertiary/aromatic N) is 2. The molecule has 6 heteroatoms. The summed E-state index contributed by atoms with van der Waals surface area (Å²) in [6.45, 7) is 0. The highest BCUT2D eigenvalue weighted by molar-refractivity contribution is 6.30. The van der Waals surface area contributed by atoms with Crippen LogP contribution in [0.25, 0.3) is 0 Å². The number of fused-ring (bicyclic) bond motifs is 1. The fourth-order valence-corrected chi connectivity index (χ4v) is 2.93. The molecule has 1 aliphatic rings. The van der Waals surface area contributed by atoms with Gasteiger partial charge in [-0.15, -0.1) is 0 Å². The van der Waals surface area contributed by atoms with E-state index in [2.05, 4.69) is 15.3 Å². The third kappa shape index (κ3) is 2.30. The van der Waals surface area contributed by atoms with Gasteiger partial charge in [0.15, 0.2) is 0 Å². The molecule has 0 radical (unpaired) electrons. The van der Waals surface area contributed by atoms with Gasteiger partial charge in [-0.25, -0.2) is 14.8 Å². The second kappa shape index (κ2) is 5.62. The minimum atomic E-state index is -1.19. The van der Waals surface area contributed by atoms with E-state index < -0.39 is 11.7 Å². The number of nitrogens with one attached hydrogen (secondary N) is 1. The second-order valence-corrected chi connectivity index (χ2v) is 5.76. The Morgan fingerprint density at radius 3 is 2.42 bits per heavy atom. The number of anilines is 1. The number of carbonyl (C=O) groups is 1. The van der Waals surface area contributed by atoms with Gasteiger partial charge >= 0.3 is 5.97 Å². The molecule has 0 saturated heterocycles. The molecule has 0 bridgehead atoms. The van der Waals surface area contributed by atoms with E-state index in [0.717, 1.165) is 5.56 Å². The van der Waals surface area contributed by atoms with E-state index >= 15 is 0 Å². The zero-order valence-electron chi connectivity index (χ0n) is 12.4. The summed E-state index contributed by atoms with van der Waals surface area (Å²) in [4.78, 5) is 20.8. The van der Waals surface area contributed by atoms with Gasteiger partial charge in [0.1, 0.15) is 0 Å². The molecule has 0 spiro atoms. The highest BCUT2D eigenvalue weighted by atomic mass is 35.5. The molecule has 5 nitrogen and oxygen atoms in total. The van der Waals surface area contributed by atoms with Crippen LogP contribution in [0.15, 0.2) is 67.0 Å². The first kappa shape index (κ1) is 14.7. The van der Waals surface area contributed by atoms with Crippen LogP contribution in [0.4, 0.5) is 5.95 Å². The van der Waals surface area contributed by atoms with Gasteiger partial charge in [0, 0.05) is 28.5 Å². The Labute approximate surface area is 143 Å². The lowest BCUT2D eigenvalue weighted by molar-refractivity contribution is 0.0210. The predicted octanol–water partition coefficient (Wildman–Crippen LogP) is 3.61. The second-order valence-electron chi connectivity index (χ2n) is 5.32. The van der Waals surface area contributed by atoms with Crippen molar-refractivity contribution in [3.05, 3.63) is 88.7 Å². The lowest BCUT2D eigenvalue weighted by Gasteiger charge is -2.30. The zero-order chi connectivity index (χ0) is 16.6. The number of cyclic esters (lactones) is 1. The van der Waals surface area contributed by atoms with Gasteiger partial charge in [0.25, 0.3) is 0 Å². The summed E-state index contributed by atoms with van der Waals surface area (Å²) < 4.78 is 5.78. The summed E-state index contributed by atoms with van der Waals surface area (Å²) in [5.74, 6) is -0.0408. The van der Waals surface area contributed by atoms with Crippen LogP contribution in [0.5, 0.6) is 0 Å². The van der Waals surface area contributed by atoms with Crippen LogP contribution < -0.4 is 5.32 Å². The summed E-state index contributed by atoms with van der Waals surface area (Å²) in [6.07, 6.45) is 3.24. The van der Waals surface area contributed by atoms with Crippen LogP contribution in [-0.4, -0.2) is 15.9 Å². The van der Waals surface area contributed by atoms with Gasteiger partial charge in [0.05, 0.1) is 5.56 Å². The van der Waals surface area contributed by atoms with E-state index in [1.54, 1.807) is 42.7 Å². The third-order valence-corrected chi connectivity index (χ3v) is 4.13. The van der Waals surface area contributed by atoms with Gasteiger partial charge < -0.3 is 10.1 Å². The molecule has 1 aromatic heterocycles. The van der Waals surface area contributed by atoms with Crippen LogP contribution in [0, 0.1) is 0 Å². The number of esters is 1. The molecule has 0 unspecified atom stereocenters. The lowest BCUT2D eigenvalue weighted by Crippen LogP contribution is -2.37. The van der Waals surface area contributed by atoms with E-state index in [0.29, 0.717) is 22.1 Å². The average Bonchev–Trinajstić information content (AvgIpc) is 2.90. The Morgan fingerprint density at radius 1 is 0.958 bits per heavy atom. The van der Waals surface area contributed by atoms with Crippen molar-refractivity contribution in [2.45, 2.75) is 5.72 Å². The molecule has 1 N–H and O–H groups in total. The number of rotatable bonds is 3. The highest BCUT2D eigenvalue weighted by Crippen LogP contribution is 2.42. The SMILES string of the molecule is O=C1O[C@](Nc2ncccn2)(c2ccc(Cl)cc2)c2ccccc21. The number of carbonyl (C=O) groups excluding carboxylic acids is 1. The maximum Gasteiger partial charge on any atom is 0.341 e. The van der Waals surface area contributed by atoms with Crippen LogP contribution in [0.2, 0.25) is 5.02 Å². The highest BCUT2D eigenvalue weighted by Gasteiger charge is 2.47. The van der Waals surface area contributed by atoms with Crippen molar-refractivity contribution in [3.63, 3.8) is 0 Å². The van der Waals surface area contributed by atoms with Crippen molar-refractivity contribution < 1.29 is 9.53 Å². The average molecular weight is 338 g/mol. The normalized spacial score (nSPS) is 18.8. The maximum absolute atomic E-state index is 12.4. The molecule has 0 aliphatic carbocycles. The van der Waals surface area contributed by atoms with Crippen molar-refractivity contribution in [1.29, 1.82) is 0 Å². The lowest BCUT2D eigenvalue weighted by atomic mass is 9.93. The first-order valence-electron chi connectivity index (χ1n) is 7.33. The number of aromatic nitrogens is 2. The fraction of sp³-hybridized carbons (Fsp3) is 0.0556. The van der Waals surface area contributed by atoms with E-state index in [9.17, 15) is 4.79 Å². The molecular weight excluding hydrogens is 326 g/mol. The zero-order valence-corrected chi connectivity index (χ0v) is 13.2. The Bertz CT molecular complexity index is 900. The molecule has 118 valence electrons. The Balaban J connectivity index is 1.91. The maximum atomic E-state index is 12.4. The van der Waals surface area contributed by atoms with E-state index in [4.69, 9.17) is 16.3 Å². The smallest absolute Gasteiger partial charge is 0.341 e. The number of hydrogen-bond donors (Lipinski definition) is 1. The van der Waals surface area contributed by atoms with Crippen LogP contribution in [-0.2, 0) is 10.5 Å². The van der Waals surface area contributed by atoms with E-state index in [-0.39, 0.29) is 0 Å². The summed E-state index contributed by atoms with van der Waals surface area (Å²) in [5.41, 5.74) is 0.762. The van der Waals surface area contributed by atoms with E-state index in [1.807, 2.05) is 24.3 Å². The number of benzene rings is 2. The minimum absolute atomic E-state index is 0.358. The predicted molar refractivity (Wildman–Crippen MR) is 89.7 cm³/mol. The molecular formula is C18H12ClN3O2. The summed E-state index contributed by atoms with van der Waals surface area (Å²) >= 11 is 6.00. The Kier molecular flexibility index (Phi) is 3.43. The van der Waals surface area contributed by atoms with Crippen LogP contribution >= 0.6 is 11.6 Å². The van der Waals surface area contributed by atoms with Crippen molar-refractivity contribution in [1.82, 2.24) is 9.97 Å².